The standard InChI is InChI=1S/C17H21N5O2/c1-24-15-6-4-5-13(11-15)21-17(23)19-12-14-7-8-18-16(20-14)22-9-2-3-10-22/h4-8,11H,2-3,9-10,12H2,1H3,(H2,19,21,23). The van der Waals surface area contributed by atoms with Gasteiger partial charge in [0.1, 0.15) is 5.75 Å². The van der Waals surface area contributed by atoms with E-state index in [1.165, 1.54) is 12.8 Å². The molecular formula is C17H21N5O2. The van der Waals surface area contributed by atoms with Gasteiger partial charge in [-0.2, -0.15) is 0 Å². The van der Waals surface area contributed by atoms with Crippen molar-refractivity contribution in [1.82, 2.24) is 15.3 Å². The van der Waals surface area contributed by atoms with Crippen LogP contribution in [0, 0.1) is 0 Å². The number of rotatable bonds is 5. The number of amides is 2. The molecule has 126 valence electrons. The molecule has 1 aliphatic heterocycles. The van der Waals surface area contributed by atoms with Gasteiger partial charge in [-0.3, -0.25) is 0 Å². The van der Waals surface area contributed by atoms with E-state index in [0.29, 0.717) is 18.0 Å². The van der Waals surface area contributed by atoms with Crippen LogP contribution >= 0.6 is 0 Å². The average Bonchev–Trinajstić information content (AvgIpc) is 3.15. The molecule has 2 N–H and O–H groups in total. The molecule has 1 aliphatic rings. The highest BCUT2D eigenvalue weighted by atomic mass is 16.5. The van der Waals surface area contributed by atoms with Gasteiger partial charge in [0.2, 0.25) is 5.95 Å². The first-order valence-electron chi connectivity index (χ1n) is 8.00. The van der Waals surface area contributed by atoms with Crippen molar-refractivity contribution in [1.29, 1.82) is 0 Å². The van der Waals surface area contributed by atoms with Gasteiger partial charge in [-0.1, -0.05) is 6.07 Å². The minimum atomic E-state index is -0.287. The van der Waals surface area contributed by atoms with Gasteiger partial charge in [0.25, 0.3) is 0 Å². The molecule has 0 bridgehead atoms. The van der Waals surface area contributed by atoms with E-state index in [4.69, 9.17) is 4.74 Å². The Labute approximate surface area is 141 Å². The highest BCUT2D eigenvalue weighted by Gasteiger charge is 2.15. The predicted octanol–water partition coefficient (Wildman–Crippen LogP) is 2.41. The molecule has 3 rings (SSSR count). The smallest absolute Gasteiger partial charge is 0.319 e. The first-order valence-corrected chi connectivity index (χ1v) is 8.00. The Morgan fingerprint density at radius 1 is 1.29 bits per heavy atom. The third-order valence-corrected chi connectivity index (χ3v) is 3.85. The zero-order chi connectivity index (χ0) is 16.8. The lowest BCUT2D eigenvalue weighted by molar-refractivity contribution is 0.251. The number of urea groups is 1. The van der Waals surface area contributed by atoms with Crippen molar-refractivity contribution in [2.24, 2.45) is 0 Å². The van der Waals surface area contributed by atoms with Gasteiger partial charge in [-0.25, -0.2) is 14.8 Å². The molecule has 1 saturated heterocycles. The summed E-state index contributed by atoms with van der Waals surface area (Å²) in [5.41, 5.74) is 1.46. The fraction of sp³-hybridized carbons (Fsp3) is 0.353. The summed E-state index contributed by atoms with van der Waals surface area (Å²) < 4.78 is 5.13. The monoisotopic (exact) mass is 327 g/mol. The predicted molar refractivity (Wildman–Crippen MR) is 92.3 cm³/mol. The van der Waals surface area contributed by atoms with Gasteiger partial charge < -0.3 is 20.3 Å². The second-order valence-corrected chi connectivity index (χ2v) is 5.58. The summed E-state index contributed by atoms with van der Waals surface area (Å²) in [6.07, 6.45) is 4.08. The summed E-state index contributed by atoms with van der Waals surface area (Å²) in [5, 5.41) is 5.58. The quantitative estimate of drug-likeness (QED) is 0.881. The molecule has 0 saturated carbocycles. The van der Waals surface area contributed by atoms with E-state index in [1.807, 2.05) is 18.2 Å². The lowest BCUT2D eigenvalue weighted by Crippen LogP contribution is -2.29. The van der Waals surface area contributed by atoms with Crippen molar-refractivity contribution >= 4 is 17.7 Å². The summed E-state index contributed by atoms with van der Waals surface area (Å²) in [4.78, 5) is 23.0. The molecule has 2 aromatic rings. The Kier molecular flexibility index (Phi) is 5.10. The number of methoxy groups -OCH3 is 1. The van der Waals surface area contributed by atoms with Crippen LogP contribution < -0.4 is 20.3 Å². The first-order chi connectivity index (χ1) is 11.7. The SMILES string of the molecule is COc1cccc(NC(=O)NCc2ccnc(N3CCCC3)n2)c1. The van der Waals surface area contributed by atoms with Gasteiger partial charge in [0, 0.05) is 31.0 Å². The average molecular weight is 327 g/mol. The van der Waals surface area contributed by atoms with Gasteiger partial charge in [-0.05, 0) is 31.0 Å². The second kappa shape index (κ2) is 7.63. The van der Waals surface area contributed by atoms with E-state index < -0.39 is 0 Å². The van der Waals surface area contributed by atoms with Crippen molar-refractivity contribution in [3.63, 3.8) is 0 Å². The van der Waals surface area contributed by atoms with Crippen LogP contribution in [0.1, 0.15) is 18.5 Å². The van der Waals surface area contributed by atoms with E-state index in [2.05, 4.69) is 25.5 Å². The van der Waals surface area contributed by atoms with Gasteiger partial charge in [0.15, 0.2) is 0 Å². The van der Waals surface area contributed by atoms with Crippen LogP contribution in [0.4, 0.5) is 16.4 Å². The lowest BCUT2D eigenvalue weighted by atomic mass is 10.3. The third kappa shape index (κ3) is 4.13. The zero-order valence-corrected chi connectivity index (χ0v) is 13.7. The molecule has 0 unspecified atom stereocenters. The number of anilines is 2. The Morgan fingerprint density at radius 2 is 2.12 bits per heavy atom. The van der Waals surface area contributed by atoms with Gasteiger partial charge in [-0.15, -0.1) is 0 Å². The molecule has 7 heteroatoms. The topological polar surface area (TPSA) is 79.4 Å². The molecule has 2 heterocycles. The van der Waals surface area contributed by atoms with Crippen molar-refractivity contribution < 1.29 is 9.53 Å². The number of carbonyl (C=O) groups excluding carboxylic acids is 1. The number of nitrogens with zero attached hydrogens (tertiary/aromatic N) is 3. The molecule has 24 heavy (non-hydrogen) atoms. The van der Waals surface area contributed by atoms with Crippen LogP contribution in [0.15, 0.2) is 36.5 Å². The van der Waals surface area contributed by atoms with E-state index in [-0.39, 0.29) is 6.03 Å². The van der Waals surface area contributed by atoms with Crippen molar-refractivity contribution in [2.75, 3.05) is 30.4 Å². The number of aromatic nitrogens is 2. The van der Waals surface area contributed by atoms with Gasteiger partial charge >= 0.3 is 6.03 Å². The van der Waals surface area contributed by atoms with Crippen molar-refractivity contribution in [3.8, 4) is 5.75 Å². The first kappa shape index (κ1) is 16.0. The van der Waals surface area contributed by atoms with E-state index in [9.17, 15) is 4.79 Å². The van der Waals surface area contributed by atoms with Crippen LogP contribution in [0.2, 0.25) is 0 Å². The summed E-state index contributed by atoms with van der Waals surface area (Å²) in [6, 6.07) is 8.73. The molecule has 0 atom stereocenters. The lowest BCUT2D eigenvalue weighted by Gasteiger charge is -2.15. The number of hydrogen-bond acceptors (Lipinski definition) is 5. The summed E-state index contributed by atoms with van der Waals surface area (Å²) in [7, 11) is 1.59. The summed E-state index contributed by atoms with van der Waals surface area (Å²) in [5.74, 6) is 1.43. The Balaban J connectivity index is 1.55. The number of carbonyl (C=O) groups is 1. The van der Waals surface area contributed by atoms with Crippen LogP contribution in [0.25, 0.3) is 0 Å². The number of ether oxygens (including phenoxy) is 1. The van der Waals surface area contributed by atoms with Crippen molar-refractivity contribution in [2.45, 2.75) is 19.4 Å². The normalized spacial score (nSPS) is 13.6. The number of nitrogens with one attached hydrogen (secondary N) is 2. The fourth-order valence-corrected chi connectivity index (χ4v) is 2.60. The van der Waals surface area contributed by atoms with E-state index in [1.54, 1.807) is 25.4 Å². The van der Waals surface area contributed by atoms with Crippen molar-refractivity contribution in [3.05, 3.63) is 42.2 Å². The van der Waals surface area contributed by atoms with Crippen LogP contribution in [0.3, 0.4) is 0 Å². The molecule has 1 aromatic carbocycles. The Morgan fingerprint density at radius 3 is 2.92 bits per heavy atom. The number of hydrogen-bond donors (Lipinski definition) is 2. The maximum Gasteiger partial charge on any atom is 0.319 e. The zero-order valence-electron chi connectivity index (χ0n) is 13.7. The minimum Gasteiger partial charge on any atom is -0.497 e. The molecule has 7 nitrogen and oxygen atoms in total. The highest BCUT2D eigenvalue weighted by Crippen LogP contribution is 2.17. The molecule has 1 fully saturated rings. The maximum absolute atomic E-state index is 12.0. The largest absolute Gasteiger partial charge is 0.497 e. The Hall–Kier alpha value is -2.83. The van der Waals surface area contributed by atoms with Crippen LogP contribution in [-0.4, -0.2) is 36.2 Å². The van der Waals surface area contributed by atoms with Crippen LogP contribution in [-0.2, 0) is 6.54 Å². The summed E-state index contributed by atoms with van der Waals surface area (Å²) in [6.45, 7) is 2.33. The van der Waals surface area contributed by atoms with E-state index >= 15 is 0 Å². The number of benzene rings is 1. The third-order valence-electron chi connectivity index (χ3n) is 3.85. The van der Waals surface area contributed by atoms with Gasteiger partial charge in [0.05, 0.1) is 19.3 Å². The molecule has 0 spiro atoms. The molecule has 2 amide bonds. The highest BCUT2D eigenvalue weighted by molar-refractivity contribution is 5.89. The minimum absolute atomic E-state index is 0.287. The maximum atomic E-state index is 12.0. The molecule has 0 radical (unpaired) electrons. The molecule has 1 aromatic heterocycles. The fourth-order valence-electron chi connectivity index (χ4n) is 2.60. The molecular weight excluding hydrogens is 306 g/mol. The molecule has 0 aliphatic carbocycles. The second-order valence-electron chi connectivity index (χ2n) is 5.58. The Bertz CT molecular complexity index is 701. The van der Waals surface area contributed by atoms with Crippen LogP contribution in [0.5, 0.6) is 5.75 Å². The van der Waals surface area contributed by atoms with E-state index in [0.717, 1.165) is 24.7 Å². The summed E-state index contributed by atoms with van der Waals surface area (Å²) >= 11 is 0.